The topological polar surface area (TPSA) is 71.7 Å². The van der Waals surface area contributed by atoms with Crippen LogP contribution in [0, 0.1) is 19.8 Å². The fourth-order valence-corrected chi connectivity index (χ4v) is 7.43. The molecule has 1 amide bonds. The van der Waals surface area contributed by atoms with Crippen LogP contribution in [-0.4, -0.2) is 36.3 Å². The number of thiazole rings is 1. The Morgan fingerprint density at radius 2 is 1.93 bits per heavy atom. The van der Waals surface area contributed by atoms with Crippen LogP contribution in [0.3, 0.4) is 0 Å². The van der Waals surface area contributed by atoms with E-state index in [2.05, 4.69) is 31.0 Å². The first-order chi connectivity index (χ1) is 13.8. The number of nitrogens with zero attached hydrogens (tertiary/aromatic N) is 3. The van der Waals surface area contributed by atoms with E-state index in [4.69, 9.17) is 0 Å². The summed E-state index contributed by atoms with van der Waals surface area (Å²) < 4.78 is 30.2. The molecule has 0 unspecified atom stereocenters. The Morgan fingerprint density at radius 1 is 1.21 bits per heavy atom. The third-order valence-corrected chi connectivity index (χ3v) is 9.89. The minimum atomic E-state index is -3.45. The Hall–Kier alpha value is -1.81. The summed E-state index contributed by atoms with van der Waals surface area (Å²) in [7, 11) is -1.52. The molecule has 1 aliphatic rings. The third-order valence-electron chi connectivity index (χ3n) is 5.34. The zero-order valence-electron chi connectivity index (χ0n) is 16.6. The van der Waals surface area contributed by atoms with Crippen molar-refractivity contribution >= 4 is 48.8 Å². The Kier molecular flexibility index (Phi) is 5.50. The maximum atomic E-state index is 12.8. The highest BCUT2D eigenvalue weighted by Crippen LogP contribution is 2.27. The molecule has 154 valence electrons. The largest absolute Gasteiger partial charge is 0.319 e. The van der Waals surface area contributed by atoms with Crippen LogP contribution in [0.1, 0.15) is 24.0 Å². The van der Waals surface area contributed by atoms with Crippen LogP contribution in [-0.2, 0) is 21.9 Å². The highest BCUT2D eigenvalue weighted by molar-refractivity contribution is 7.91. The van der Waals surface area contributed by atoms with Gasteiger partial charge in [0.2, 0.25) is 0 Å². The van der Waals surface area contributed by atoms with Gasteiger partial charge in [-0.3, -0.25) is 4.79 Å². The highest BCUT2D eigenvalue weighted by atomic mass is 32.2. The lowest BCUT2D eigenvalue weighted by molar-refractivity contribution is -0.122. The molecule has 1 aliphatic heterocycles. The summed E-state index contributed by atoms with van der Waals surface area (Å²) in [5.41, 5.74) is 3.44. The number of fused-ring (bicyclic) bond motifs is 1. The maximum absolute atomic E-state index is 12.8. The molecule has 1 aromatic carbocycles. The first-order valence-electron chi connectivity index (χ1n) is 9.46. The molecule has 3 aromatic rings. The average Bonchev–Trinajstić information content (AvgIpc) is 3.33. The zero-order chi connectivity index (χ0) is 20.8. The second-order valence-electron chi connectivity index (χ2n) is 7.43. The van der Waals surface area contributed by atoms with E-state index in [0.717, 1.165) is 10.2 Å². The number of sulfonamides is 1. The Labute approximate surface area is 178 Å². The van der Waals surface area contributed by atoms with E-state index in [1.165, 1.54) is 38.1 Å². The van der Waals surface area contributed by atoms with Crippen molar-refractivity contribution in [2.45, 2.75) is 30.9 Å². The number of thiophene rings is 1. The van der Waals surface area contributed by atoms with Crippen LogP contribution in [0.4, 0.5) is 0 Å². The molecule has 0 saturated carbocycles. The van der Waals surface area contributed by atoms with Crippen molar-refractivity contribution in [2.24, 2.45) is 18.0 Å². The van der Waals surface area contributed by atoms with Gasteiger partial charge in [-0.15, -0.1) is 11.3 Å². The van der Waals surface area contributed by atoms with Crippen LogP contribution >= 0.6 is 22.7 Å². The van der Waals surface area contributed by atoms with Gasteiger partial charge in [-0.2, -0.15) is 9.30 Å². The number of hydrogen-bond donors (Lipinski definition) is 0. The van der Waals surface area contributed by atoms with E-state index in [1.807, 2.05) is 11.6 Å². The molecular weight excluding hydrogens is 426 g/mol. The van der Waals surface area contributed by atoms with E-state index in [-0.39, 0.29) is 11.8 Å². The van der Waals surface area contributed by atoms with Gasteiger partial charge in [0.25, 0.3) is 15.9 Å². The lowest BCUT2D eigenvalue weighted by atomic mass is 9.98. The van der Waals surface area contributed by atoms with Crippen molar-refractivity contribution in [3.8, 4) is 0 Å². The van der Waals surface area contributed by atoms with Gasteiger partial charge in [-0.1, -0.05) is 23.5 Å². The van der Waals surface area contributed by atoms with Crippen molar-refractivity contribution in [2.75, 3.05) is 13.1 Å². The van der Waals surface area contributed by atoms with Crippen LogP contribution in [0.5, 0.6) is 0 Å². The molecule has 0 N–H and O–H groups in total. The molecule has 0 radical (unpaired) electrons. The minimum absolute atomic E-state index is 0.158. The smallest absolute Gasteiger partial charge is 0.252 e. The van der Waals surface area contributed by atoms with Crippen molar-refractivity contribution in [3.05, 3.63) is 45.6 Å². The van der Waals surface area contributed by atoms with Crippen LogP contribution in [0.25, 0.3) is 10.2 Å². The molecule has 0 spiro atoms. The summed E-state index contributed by atoms with van der Waals surface area (Å²) in [5.74, 6) is -0.396. The molecular formula is C20H23N3O3S3. The molecule has 1 fully saturated rings. The number of amides is 1. The number of piperidine rings is 1. The van der Waals surface area contributed by atoms with Gasteiger partial charge in [-0.05, 0) is 55.3 Å². The normalized spacial score (nSPS) is 17.3. The number of aryl methyl sites for hydroxylation is 3. The summed E-state index contributed by atoms with van der Waals surface area (Å²) in [6.45, 7) is 4.83. The molecule has 6 nitrogen and oxygen atoms in total. The van der Waals surface area contributed by atoms with Crippen molar-refractivity contribution in [1.82, 2.24) is 8.87 Å². The first kappa shape index (κ1) is 20.5. The number of benzene rings is 1. The molecule has 1 saturated heterocycles. The lowest BCUT2D eigenvalue weighted by Crippen LogP contribution is -2.40. The standard InChI is InChI=1S/C20H23N3O3S3/c1-13-11-14(2)18-16(12-13)22(3)20(28-18)21-19(24)15-6-8-23(9-7-15)29(25,26)17-5-4-10-27-17/h4-5,10-12,15H,6-9H2,1-3H3. The lowest BCUT2D eigenvalue weighted by Gasteiger charge is -2.29. The van der Waals surface area contributed by atoms with Crippen LogP contribution in [0.15, 0.2) is 38.8 Å². The van der Waals surface area contributed by atoms with E-state index < -0.39 is 10.0 Å². The van der Waals surface area contributed by atoms with E-state index in [0.29, 0.717) is 34.9 Å². The molecule has 0 aliphatic carbocycles. The van der Waals surface area contributed by atoms with Crippen molar-refractivity contribution in [3.63, 3.8) is 0 Å². The molecule has 0 bridgehead atoms. The fourth-order valence-electron chi connectivity index (χ4n) is 3.74. The summed E-state index contributed by atoms with van der Waals surface area (Å²) in [4.78, 5) is 17.9. The molecule has 9 heteroatoms. The van der Waals surface area contributed by atoms with E-state index in [1.54, 1.807) is 17.5 Å². The van der Waals surface area contributed by atoms with Crippen LogP contribution < -0.4 is 4.80 Å². The second kappa shape index (κ2) is 7.79. The number of carbonyl (C=O) groups is 1. The molecule has 2 aromatic heterocycles. The highest BCUT2D eigenvalue weighted by Gasteiger charge is 2.32. The second-order valence-corrected chi connectivity index (χ2v) is 11.5. The van der Waals surface area contributed by atoms with Gasteiger partial charge in [0.1, 0.15) is 4.21 Å². The SMILES string of the molecule is Cc1cc(C)c2sc(=NC(=O)C3CCN(S(=O)(=O)c4cccs4)CC3)n(C)c2c1. The summed E-state index contributed by atoms with van der Waals surface area (Å²) in [6, 6.07) is 7.60. The Balaban J connectivity index is 1.53. The number of hydrogen-bond acceptors (Lipinski definition) is 5. The van der Waals surface area contributed by atoms with Crippen LogP contribution in [0.2, 0.25) is 0 Å². The van der Waals surface area contributed by atoms with E-state index >= 15 is 0 Å². The summed E-state index contributed by atoms with van der Waals surface area (Å²) in [5, 5.41) is 1.76. The van der Waals surface area contributed by atoms with Gasteiger partial charge in [0.05, 0.1) is 10.2 Å². The van der Waals surface area contributed by atoms with E-state index in [9.17, 15) is 13.2 Å². The zero-order valence-corrected chi connectivity index (χ0v) is 19.0. The Bertz CT molecular complexity index is 1230. The molecule has 29 heavy (non-hydrogen) atoms. The first-order valence-corrected chi connectivity index (χ1v) is 12.6. The van der Waals surface area contributed by atoms with Gasteiger partial charge < -0.3 is 4.57 Å². The molecule has 0 atom stereocenters. The van der Waals surface area contributed by atoms with Crippen molar-refractivity contribution < 1.29 is 13.2 Å². The minimum Gasteiger partial charge on any atom is -0.319 e. The number of carbonyl (C=O) groups excluding carboxylic acids is 1. The number of rotatable bonds is 3. The van der Waals surface area contributed by atoms with Gasteiger partial charge in [0, 0.05) is 26.1 Å². The van der Waals surface area contributed by atoms with Gasteiger partial charge in [0.15, 0.2) is 4.80 Å². The summed E-state index contributed by atoms with van der Waals surface area (Å²) >= 11 is 2.75. The predicted octanol–water partition coefficient (Wildman–Crippen LogP) is 3.45. The maximum Gasteiger partial charge on any atom is 0.252 e. The molecule has 4 rings (SSSR count). The van der Waals surface area contributed by atoms with Gasteiger partial charge in [-0.25, -0.2) is 8.42 Å². The predicted molar refractivity (Wildman–Crippen MR) is 117 cm³/mol. The molecule has 3 heterocycles. The van der Waals surface area contributed by atoms with Gasteiger partial charge >= 0.3 is 0 Å². The van der Waals surface area contributed by atoms with Crippen molar-refractivity contribution in [1.29, 1.82) is 0 Å². The third kappa shape index (κ3) is 3.84. The fraction of sp³-hybridized carbons (Fsp3) is 0.400. The summed E-state index contributed by atoms with van der Waals surface area (Å²) in [6.07, 6.45) is 0.999. The number of aromatic nitrogens is 1. The monoisotopic (exact) mass is 449 g/mol. The Morgan fingerprint density at radius 3 is 2.59 bits per heavy atom. The quantitative estimate of drug-likeness (QED) is 0.615. The average molecular weight is 450 g/mol.